The summed E-state index contributed by atoms with van der Waals surface area (Å²) in [6, 6.07) is 6.93. The van der Waals surface area contributed by atoms with E-state index in [1.807, 2.05) is 0 Å². The van der Waals surface area contributed by atoms with Crippen LogP contribution in [0, 0.1) is 11.6 Å². The number of benzene rings is 1. The Morgan fingerprint density at radius 3 is 2.73 bits per heavy atom. The van der Waals surface area contributed by atoms with E-state index < -0.39 is 0 Å². The number of carbonyl (C=O) groups is 1. The number of hydrazine groups is 1. The van der Waals surface area contributed by atoms with Gasteiger partial charge in [-0.15, -0.1) is 0 Å². The van der Waals surface area contributed by atoms with Gasteiger partial charge in [-0.05, 0) is 37.1 Å². The Morgan fingerprint density at radius 1 is 1.19 bits per heavy atom. The molecule has 1 aromatic heterocycles. The fraction of sp³-hybridized carbons (Fsp3) is 0.278. The van der Waals surface area contributed by atoms with Crippen LogP contribution in [0.3, 0.4) is 0 Å². The topological polar surface area (TPSA) is 60.6 Å². The third-order valence-corrected chi connectivity index (χ3v) is 4.60. The first kappa shape index (κ1) is 16.6. The lowest BCUT2D eigenvalue weighted by molar-refractivity contribution is -0.00253. The van der Waals surface area contributed by atoms with Crippen LogP contribution in [0.2, 0.25) is 0 Å². The second-order valence-electron chi connectivity index (χ2n) is 6.38. The van der Waals surface area contributed by atoms with Gasteiger partial charge < -0.3 is 14.7 Å². The van der Waals surface area contributed by atoms with Crippen molar-refractivity contribution in [2.75, 3.05) is 13.1 Å². The van der Waals surface area contributed by atoms with Crippen LogP contribution < -0.4 is 5.59 Å². The minimum atomic E-state index is -0.366. The first-order chi connectivity index (χ1) is 12.6. The summed E-state index contributed by atoms with van der Waals surface area (Å²) in [6.45, 7) is 1.16. The third kappa shape index (κ3) is 3.28. The monoisotopic (exact) mass is 360 g/mol. The zero-order valence-corrected chi connectivity index (χ0v) is 13.9. The average Bonchev–Trinajstić information content (AvgIpc) is 3.31. The molecule has 0 radical (unpaired) electrons. The lowest BCUT2D eigenvalue weighted by atomic mass is 10.0. The fourth-order valence-corrected chi connectivity index (χ4v) is 3.24. The number of hydrogen-bond donors (Lipinski definition) is 2. The van der Waals surface area contributed by atoms with E-state index in [0.717, 1.165) is 12.8 Å². The van der Waals surface area contributed by atoms with Crippen LogP contribution in [0.15, 0.2) is 42.7 Å². The number of likely N-dealkylation sites (tertiary alicyclic amines) is 1. The summed E-state index contributed by atoms with van der Waals surface area (Å²) in [5.41, 5.74) is 3.80. The molecular formula is C18H18F2N4O2. The van der Waals surface area contributed by atoms with E-state index in [2.05, 4.69) is 10.6 Å². The van der Waals surface area contributed by atoms with Crippen molar-refractivity contribution in [2.45, 2.75) is 18.9 Å². The Hall–Kier alpha value is -2.87. The molecular weight excluding hydrogens is 342 g/mol. The molecule has 2 aliphatic heterocycles. The van der Waals surface area contributed by atoms with Gasteiger partial charge in [0.05, 0.1) is 17.9 Å². The highest BCUT2D eigenvalue weighted by molar-refractivity contribution is 5.94. The molecule has 26 heavy (non-hydrogen) atoms. The summed E-state index contributed by atoms with van der Waals surface area (Å²) in [5, 5.41) is 1.79. The first-order valence-corrected chi connectivity index (χ1v) is 8.42. The Labute approximate surface area is 149 Å². The standard InChI is InChI=1S/C18H18F2N4O2/c19-13-5-3-12(4-6-13)18(25)23-7-1-2-15(10-23)24-11-17(26-22-24)16-8-14(20)9-21-16/h3-6,8-9,11,15,21-22H,1-2,7,10H2/t15-/m0/s1. The SMILES string of the molecule is O=C(c1ccc(F)cc1)N1CCC[C@H](N2C=C(c3cc(F)c[nH]3)ON2)C1. The van der Waals surface area contributed by atoms with Gasteiger partial charge in [0.15, 0.2) is 5.76 Å². The summed E-state index contributed by atoms with van der Waals surface area (Å²) in [7, 11) is 0. The molecule has 2 aliphatic rings. The molecule has 0 unspecified atom stereocenters. The van der Waals surface area contributed by atoms with Crippen LogP contribution in [0.4, 0.5) is 8.78 Å². The molecule has 136 valence electrons. The highest BCUT2D eigenvalue weighted by Crippen LogP contribution is 2.24. The van der Waals surface area contributed by atoms with Gasteiger partial charge in [0.25, 0.3) is 5.91 Å². The number of aromatic amines is 1. The van der Waals surface area contributed by atoms with Gasteiger partial charge in [0, 0.05) is 30.9 Å². The molecule has 2 aromatic rings. The van der Waals surface area contributed by atoms with Crippen molar-refractivity contribution in [3.05, 3.63) is 65.6 Å². The number of H-pyrrole nitrogens is 1. The number of nitrogens with one attached hydrogen (secondary N) is 2. The van der Waals surface area contributed by atoms with Crippen LogP contribution in [-0.2, 0) is 4.84 Å². The molecule has 3 heterocycles. The van der Waals surface area contributed by atoms with E-state index in [9.17, 15) is 13.6 Å². The predicted octanol–water partition coefficient (Wildman–Crippen LogP) is 2.65. The second-order valence-corrected chi connectivity index (χ2v) is 6.38. The van der Waals surface area contributed by atoms with E-state index in [1.165, 1.54) is 36.5 Å². The fourth-order valence-electron chi connectivity index (χ4n) is 3.24. The van der Waals surface area contributed by atoms with Gasteiger partial charge in [-0.3, -0.25) is 9.80 Å². The maximum Gasteiger partial charge on any atom is 0.253 e. The zero-order chi connectivity index (χ0) is 18.1. The summed E-state index contributed by atoms with van der Waals surface area (Å²) < 4.78 is 26.2. The summed E-state index contributed by atoms with van der Waals surface area (Å²) in [4.78, 5) is 22.6. The lowest BCUT2D eigenvalue weighted by Crippen LogP contribution is -2.50. The molecule has 0 spiro atoms. The first-order valence-electron chi connectivity index (χ1n) is 8.42. The quantitative estimate of drug-likeness (QED) is 0.884. The van der Waals surface area contributed by atoms with E-state index in [-0.39, 0.29) is 23.6 Å². The largest absolute Gasteiger partial charge is 0.385 e. The molecule has 4 rings (SSSR count). The average molecular weight is 360 g/mol. The molecule has 6 nitrogen and oxygen atoms in total. The molecule has 0 bridgehead atoms. The number of nitrogens with zero attached hydrogens (tertiary/aromatic N) is 2. The van der Waals surface area contributed by atoms with Gasteiger partial charge in [-0.25, -0.2) is 8.78 Å². The summed E-state index contributed by atoms with van der Waals surface area (Å²) in [6.07, 6.45) is 4.73. The van der Waals surface area contributed by atoms with Crippen molar-refractivity contribution >= 4 is 11.7 Å². The van der Waals surface area contributed by atoms with E-state index in [4.69, 9.17) is 4.84 Å². The molecule has 0 aliphatic carbocycles. The summed E-state index contributed by atoms with van der Waals surface area (Å²) in [5.74, 6) is -0.368. The minimum Gasteiger partial charge on any atom is -0.385 e. The minimum absolute atomic E-state index is 0.0189. The number of halogens is 2. The molecule has 2 N–H and O–H groups in total. The van der Waals surface area contributed by atoms with Gasteiger partial charge in [0.2, 0.25) is 0 Å². The molecule has 1 fully saturated rings. The van der Waals surface area contributed by atoms with Crippen molar-refractivity contribution in [1.29, 1.82) is 0 Å². The van der Waals surface area contributed by atoms with Gasteiger partial charge in [0.1, 0.15) is 11.6 Å². The summed E-state index contributed by atoms with van der Waals surface area (Å²) >= 11 is 0. The van der Waals surface area contributed by atoms with Crippen molar-refractivity contribution in [3.63, 3.8) is 0 Å². The van der Waals surface area contributed by atoms with Crippen LogP contribution in [-0.4, -0.2) is 39.9 Å². The van der Waals surface area contributed by atoms with Gasteiger partial charge >= 0.3 is 0 Å². The lowest BCUT2D eigenvalue weighted by Gasteiger charge is -2.36. The highest BCUT2D eigenvalue weighted by Gasteiger charge is 2.30. The molecule has 1 aromatic carbocycles. The molecule has 1 saturated heterocycles. The van der Waals surface area contributed by atoms with Crippen LogP contribution in [0.25, 0.3) is 5.76 Å². The number of amides is 1. The Bertz CT molecular complexity index is 834. The Morgan fingerprint density at radius 2 is 2.00 bits per heavy atom. The molecule has 0 saturated carbocycles. The normalized spacial score (nSPS) is 20.1. The zero-order valence-electron chi connectivity index (χ0n) is 13.9. The number of hydrogen-bond acceptors (Lipinski definition) is 4. The highest BCUT2D eigenvalue weighted by atomic mass is 19.1. The van der Waals surface area contributed by atoms with Crippen LogP contribution in [0.5, 0.6) is 0 Å². The maximum atomic E-state index is 13.1. The van der Waals surface area contributed by atoms with Crippen molar-refractivity contribution in [1.82, 2.24) is 20.5 Å². The maximum absolute atomic E-state index is 13.1. The molecule has 8 heteroatoms. The third-order valence-electron chi connectivity index (χ3n) is 4.60. The van der Waals surface area contributed by atoms with E-state index >= 15 is 0 Å². The van der Waals surface area contributed by atoms with Crippen LogP contribution >= 0.6 is 0 Å². The number of piperidine rings is 1. The van der Waals surface area contributed by atoms with Gasteiger partial charge in [-0.1, -0.05) is 5.59 Å². The van der Waals surface area contributed by atoms with Gasteiger partial charge in [-0.2, -0.15) is 0 Å². The van der Waals surface area contributed by atoms with Crippen molar-refractivity contribution in [3.8, 4) is 0 Å². The smallest absolute Gasteiger partial charge is 0.253 e. The second kappa shape index (κ2) is 6.80. The number of aromatic nitrogens is 1. The Balaban J connectivity index is 1.44. The van der Waals surface area contributed by atoms with E-state index in [0.29, 0.717) is 30.1 Å². The van der Waals surface area contributed by atoms with Crippen molar-refractivity contribution < 1.29 is 18.4 Å². The Kier molecular flexibility index (Phi) is 4.34. The molecule has 1 atom stereocenters. The van der Waals surface area contributed by atoms with Crippen molar-refractivity contribution in [2.24, 2.45) is 0 Å². The predicted molar refractivity (Wildman–Crippen MR) is 90.1 cm³/mol. The number of rotatable bonds is 3. The van der Waals surface area contributed by atoms with Crippen LogP contribution in [0.1, 0.15) is 28.9 Å². The number of carbonyl (C=O) groups excluding carboxylic acids is 1. The molecule has 1 amide bonds. The van der Waals surface area contributed by atoms with E-state index in [1.54, 1.807) is 16.1 Å².